The second kappa shape index (κ2) is 3.86. The molecular formula is C9H17N3O2S. The molecule has 0 radical (unpaired) electrons. The van der Waals surface area contributed by atoms with Gasteiger partial charge < -0.3 is 16.8 Å². The van der Waals surface area contributed by atoms with Crippen molar-refractivity contribution in [3.05, 3.63) is 23.5 Å². The Balaban J connectivity index is 2.69. The van der Waals surface area contributed by atoms with E-state index in [-0.39, 0.29) is 5.75 Å². The lowest BCUT2D eigenvalue weighted by Crippen LogP contribution is -2.53. The second-order valence-corrected chi connectivity index (χ2v) is 6.22. The van der Waals surface area contributed by atoms with E-state index in [1.807, 2.05) is 0 Å². The zero-order valence-corrected chi connectivity index (χ0v) is 9.76. The third-order valence-corrected chi connectivity index (χ3v) is 3.25. The largest absolute Gasteiger partial charge is 0.397 e. The van der Waals surface area contributed by atoms with Crippen LogP contribution in [0.5, 0.6) is 0 Å². The number of allylic oxidation sites excluding steroid dienone is 2. The molecule has 1 rings (SSSR count). The Kier molecular flexibility index (Phi) is 3.11. The molecule has 0 saturated carbocycles. The van der Waals surface area contributed by atoms with Crippen LogP contribution in [0.4, 0.5) is 0 Å². The van der Waals surface area contributed by atoms with Gasteiger partial charge in [-0.25, -0.2) is 8.42 Å². The molecule has 5 N–H and O–H groups in total. The SMILES string of the molecule is CC1=C(N)C=CC(N)(CCS(C)(=O)=O)N1. The summed E-state index contributed by atoms with van der Waals surface area (Å²) in [6, 6.07) is 0. The molecule has 0 aromatic heterocycles. The van der Waals surface area contributed by atoms with E-state index in [2.05, 4.69) is 5.32 Å². The van der Waals surface area contributed by atoms with E-state index in [9.17, 15) is 8.42 Å². The van der Waals surface area contributed by atoms with Gasteiger partial charge in [0.25, 0.3) is 0 Å². The van der Waals surface area contributed by atoms with Crippen molar-refractivity contribution in [1.82, 2.24) is 5.32 Å². The molecule has 1 aliphatic heterocycles. The van der Waals surface area contributed by atoms with E-state index >= 15 is 0 Å². The average molecular weight is 231 g/mol. The number of nitrogens with two attached hydrogens (primary N) is 2. The van der Waals surface area contributed by atoms with Crippen LogP contribution in [0.25, 0.3) is 0 Å². The molecule has 1 aliphatic rings. The number of rotatable bonds is 3. The Bertz CT molecular complexity index is 411. The molecule has 6 heteroatoms. The maximum atomic E-state index is 11.0. The lowest BCUT2D eigenvalue weighted by Gasteiger charge is -2.32. The highest BCUT2D eigenvalue weighted by Gasteiger charge is 2.25. The monoisotopic (exact) mass is 231 g/mol. The summed E-state index contributed by atoms with van der Waals surface area (Å²) in [6.45, 7) is 1.81. The van der Waals surface area contributed by atoms with Crippen molar-refractivity contribution >= 4 is 9.84 Å². The van der Waals surface area contributed by atoms with Crippen LogP contribution in [-0.2, 0) is 9.84 Å². The highest BCUT2D eigenvalue weighted by atomic mass is 32.2. The number of sulfone groups is 1. The van der Waals surface area contributed by atoms with Gasteiger partial charge in [0.2, 0.25) is 0 Å². The molecule has 0 fully saturated rings. The number of dihydropyridines is 1. The van der Waals surface area contributed by atoms with Gasteiger partial charge in [0.15, 0.2) is 0 Å². The van der Waals surface area contributed by atoms with Crippen molar-refractivity contribution in [2.75, 3.05) is 12.0 Å². The summed E-state index contributed by atoms with van der Waals surface area (Å²) in [5.41, 5.74) is 12.2. The van der Waals surface area contributed by atoms with Gasteiger partial charge in [-0.15, -0.1) is 0 Å². The zero-order valence-electron chi connectivity index (χ0n) is 8.95. The summed E-state index contributed by atoms with van der Waals surface area (Å²) < 4.78 is 22.0. The molecule has 0 aromatic carbocycles. The first-order valence-corrected chi connectivity index (χ1v) is 6.68. The van der Waals surface area contributed by atoms with Crippen LogP contribution in [-0.4, -0.2) is 26.1 Å². The van der Waals surface area contributed by atoms with Crippen LogP contribution in [0, 0.1) is 0 Å². The minimum atomic E-state index is -2.99. The topological polar surface area (TPSA) is 98.2 Å². The number of nitrogens with one attached hydrogen (secondary N) is 1. The molecule has 0 bridgehead atoms. The molecule has 0 saturated heterocycles. The summed E-state index contributed by atoms with van der Waals surface area (Å²) in [6.07, 6.45) is 4.92. The highest BCUT2D eigenvalue weighted by Crippen LogP contribution is 2.15. The van der Waals surface area contributed by atoms with Gasteiger partial charge in [-0.05, 0) is 19.1 Å². The van der Waals surface area contributed by atoms with Crippen LogP contribution < -0.4 is 16.8 Å². The fourth-order valence-corrected chi connectivity index (χ4v) is 2.04. The van der Waals surface area contributed by atoms with Crippen LogP contribution in [0.3, 0.4) is 0 Å². The molecule has 5 nitrogen and oxygen atoms in total. The van der Waals surface area contributed by atoms with Crippen LogP contribution >= 0.6 is 0 Å². The Morgan fingerprint density at radius 3 is 2.60 bits per heavy atom. The maximum Gasteiger partial charge on any atom is 0.147 e. The van der Waals surface area contributed by atoms with Crippen molar-refractivity contribution in [1.29, 1.82) is 0 Å². The van der Waals surface area contributed by atoms with Crippen LogP contribution in [0.1, 0.15) is 13.3 Å². The standard InChI is InChI=1S/C9H17N3O2S/c1-7-8(10)3-4-9(11,12-7)5-6-15(2,13)14/h3-4,12H,5-6,10-11H2,1-2H3. The summed E-state index contributed by atoms with van der Waals surface area (Å²) in [5, 5.41) is 3.00. The molecule has 0 spiro atoms. The average Bonchev–Trinajstić information content (AvgIpc) is 2.08. The van der Waals surface area contributed by atoms with Gasteiger partial charge >= 0.3 is 0 Å². The van der Waals surface area contributed by atoms with E-state index in [0.717, 1.165) is 5.70 Å². The molecule has 1 atom stereocenters. The van der Waals surface area contributed by atoms with Gasteiger partial charge in [0.05, 0.1) is 11.4 Å². The molecule has 86 valence electrons. The lowest BCUT2D eigenvalue weighted by molar-refractivity contribution is 0.433. The van der Waals surface area contributed by atoms with E-state index in [4.69, 9.17) is 11.5 Å². The van der Waals surface area contributed by atoms with Gasteiger partial charge in [-0.3, -0.25) is 0 Å². The second-order valence-electron chi connectivity index (χ2n) is 3.96. The quantitative estimate of drug-likeness (QED) is 0.604. The normalized spacial score (nSPS) is 26.6. The maximum absolute atomic E-state index is 11.0. The Morgan fingerprint density at radius 2 is 2.13 bits per heavy atom. The molecule has 1 heterocycles. The third-order valence-electron chi connectivity index (χ3n) is 2.30. The van der Waals surface area contributed by atoms with Gasteiger partial charge in [-0.2, -0.15) is 0 Å². The predicted octanol–water partition coefficient (Wildman–Crippen LogP) is -0.574. The minimum absolute atomic E-state index is 0.0496. The number of hydrogen-bond acceptors (Lipinski definition) is 5. The van der Waals surface area contributed by atoms with Crippen molar-refractivity contribution in [2.45, 2.75) is 19.0 Å². The molecule has 0 aliphatic carbocycles. The van der Waals surface area contributed by atoms with Crippen molar-refractivity contribution in [2.24, 2.45) is 11.5 Å². The first-order chi connectivity index (χ1) is 6.72. The van der Waals surface area contributed by atoms with E-state index in [1.54, 1.807) is 19.1 Å². The summed E-state index contributed by atoms with van der Waals surface area (Å²) >= 11 is 0. The van der Waals surface area contributed by atoms with Crippen molar-refractivity contribution < 1.29 is 8.42 Å². The molecule has 15 heavy (non-hydrogen) atoms. The van der Waals surface area contributed by atoms with Gasteiger partial charge in [0, 0.05) is 18.4 Å². The summed E-state index contributed by atoms with van der Waals surface area (Å²) in [4.78, 5) is 0. The Labute approximate surface area is 90.1 Å². The van der Waals surface area contributed by atoms with E-state index < -0.39 is 15.5 Å². The fraction of sp³-hybridized carbons (Fsp3) is 0.556. The Hall–Kier alpha value is -1.01. The van der Waals surface area contributed by atoms with Crippen LogP contribution in [0.15, 0.2) is 23.5 Å². The summed E-state index contributed by atoms with van der Waals surface area (Å²) in [5.74, 6) is 0.0496. The van der Waals surface area contributed by atoms with Gasteiger partial charge in [-0.1, -0.05) is 0 Å². The third kappa shape index (κ3) is 3.56. The Morgan fingerprint density at radius 1 is 1.53 bits per heavy atom. The smallest absolute Gasteiger partial charge is 0.147 e. The van der Waals surface area contributed by atoms with E-state index in [0.29, 0.717) is 12.1 Å². The molecule has 0 aromatic rings. The predicted molar refractivity (Wildman–Crippen MR) is 60.4 cm³/mol. The lowest BCUT2D eigenvalue weighted by atomic mass is 10.0. The van der Waals surface area contributed by atoms with Crippen molar-refractivity contribution in [3.63, 3.8) is 0 Å². The molecule has 1 unspecified atom stereocenters. The van der Waals surface area contributed by atoms with Crippen LogP contribution in [0.2, 0.25) is 0 Å². The fourth-order valence-electron chi connectivity index (χ4n) is 1.33. The first-order valence-electron chi connectivity index (χ1n) is 4.62. The van der Waals surface area contributed by atoms with Gasteiger partial charge in [0.1, 0.15) is 15.5 Å². The minimum Gasteiger partial charge on any atom is -0.397 e. The summed E-state index contributed by atoms with van der Waals surface area (Å²) in [7, 11) is -2.99. The highest BCUT2D eigenvalue weighted by molar-refractivity contribution is 7.90. The molecular weight excluding hydrogens is 214 g/mol. The zero-order chi connectivity index (χ0) is 11.7. The molecule has 0 amide bonds. The van der Waals surface area contributed by atoms with Crippen molar-refractivity contribution in [3.8, 4) is 0 Å². The number of hydrogen-bond donors (Lipinski definition) is 3. The van der Waals surface area contributed by atoms with E-state index in [1.165, 1.54) is 6.26 Å². The first kappa shape index (κ1) is 12.1.